The Morgan fingerprint density at radius 1 is 0.727 bits per heavy atom. The molecular weight excluding hydrogens is 404 g/mol. The fraction of sp³-hybridized carbons (Fsp3) is 0.103. The van der Waals surface area contributed by atoms with Crippen LogP contribution in [0.1, 0.15) is 5.56 Å². The van der Waals surface area contributed by atoms with Gasteiger partial charge in [-0.05, 0) is 58.7 Å². The highest BCUT2D eigenvalue weighted by Gasteiger charge is 2.12. The van der Waals surface area contributed by atoms with Gasteiger partial charge in [0.1, 0.15) is 5.82 Å². The molecule has 0 unspecified atom stereocenters. The average Bonchev–Trinajstić information content (AvgIpc) is 2.88. The number of nitrogens with one attached hydrogen (secondary N) is 1. The van der Waals surface area contributed by atoms with Crippen LogP contribution in [-0.4, -0.2) is 22.6 Å². The van der Waals surface area contributed by atoms with Crippen LogP contribution in [0.2, 0.25) is 0 Å². The molecule has 0 radical (unpaired) electrons. The first-order valence-electron chi connectivity index (χ1n) is 11.2. The number of rotatable bonds is 7. The first kappa shape index (κ1) is 20.9. The number of pyridine rings is 2. The van der Waals surface area contributed by atoms with E-state index in [9.17, 15) is 0 Å². The molecule has 0 fully saturated rings. The van der Waals surface area contributed by atoms with Gasteiger partial charge in [0, 0.05) is 36.1 Å². The Balaban J connectivity index is 1.43. The van der Waals surface area contributed by atoms with Crippen molar-refractivity contribution in [3.63, 3.8) is 0 Å². The monoisotopic (exact) mass is 430 g/mol. The fourth-order valence-corrected chi connectivity index (χ4v) is 4.10. The van der Waals surface area contributed by atoms with E-state index in [0.717, 1.165) is 34.6 Å². The van der Waals surface area contributed by atoms with E-state index in [1.807, 2.05) is 36.4 Å². The molecule has 5 aromatic rings. The van der Waals surface area contributed by atoms with E-state index in [1.165, 1.54) is 16.3 Å². The van der Waals surface area contributed by atoms with Gasteiger partial charge in [0.2, 0.25) is 0 Å². The van der Waals surface area contributed by atoms with Crippen molar-refractivity contribution in [2.24, 2.45) is 5.73 Å². The number of hydrogen-bond donors (Lipinski definition) is 2. The SMILES string of the molecule is N[C@@H](CNc1ccc(-c2ccc3ccccc3c2)c(-c2ccncc2)n1)Cc1ccccc1. The maximum atomic E-state index is 6.38. The van der Waals surface area contributed by atoms with Gasteiger partial charge >= 0.3 is 0 Å². The van der Waals surface area contributed by atoms with Crippen molar-refractivity contribution in [2.45, 2.75) is 12.5 Å². The molecule has 5 rings (SSSR count). The molecule has 33 heavy (non-hydrogen) atoms. The van der Waals surface area contributed by atoms with Crippen LogP contribution in [0.15, 0.2) is 109 Å². The van der Waals surface area contributed by atoms with Crippen molar-refractivity contribution in [1.29, 1.82) is 0 Å². The van der Waals surface area contributed by atoms with E-state index in [-0.39, 0.29) is 6.04 Å². The number of anilines is 1. The Bertz CT molecular complexity index is 1350. The molecule has 0 aliphatic carbocycles. The van der Waals surface area contributed by atoms with Crippen LogP contribution in [0.25, 0.3) is 33.2 Å². The van der Waals surface area contributed by atoms with Crippen LogP contribution in [0.5, 0.6) is 0 Å². The second-order valence-electron chi connectivity index (χ2n) is 8.22. The van der Waals surface area contributed by atoms with Gasteiger partial charge < -0.3 is 11.1 Å². The van der Waals surface area contributed by atoms with Gasteiger partial charge in [-0.25, -0.2) is 4.98 Å². The lowest BCUT2D eigenvalue weighted by atomic mass is 9.97. The van der Waals surface area contributed by atoms with Crippen molar-refractivity contribution in [3.8, 4) is 22.4 Å². The van der Waals surface area contributed by atoms with E-state index in [2.05, 4.69) is 71.0 Å². The Kier molecular flexibility index (Phi) is 6.09. The van der Waals surface area contributed by atoms with Crippen molar-refractivity contribution < 1.29 is 0 Å². The number of aromatic nitrogens is 2. The van der Waals surface area contributed by atoms with Gasteiger partial charge in [0.25, 0.3) is 0 Å². The number of nitrogens with two attached hydrogens (primary N) is 1. The van der Waals surface area contributed by atoms with Crippen LogP contribution in [0, 0.1) is 0 Å². The van der Waals surface area contributed by atoms with Crippen molar-refractivity contribution in [1.82, 2.24) is 9.97 Å². The van der Waals surface area contributed by atoms with Crippen LogP contribution < -0.4 is 11.1 Å². The number of hydrogen-bond acceptors (Lipinski definition) is 4. The zero-order valence-electron chi connectivity index (χ0n) is 18.4. The van der Waals surface area contributed by atoms with Crippen LogP contribution >= 0.6 is 0 Å². The Hall–Kier alpha value is -4.02. The van der Waals surface area contributed by atoms with E-state index in [1.54, 1.807) is 12.4 Å². The highest BCUT2D eigenvalue weighted by atomic mass is 15.0. The molecule has 1 atom stereocenters. The minimum atomic E-state index is -0.00117. The van der Waals surface area contributed by atoms with E-state index < -0.39 is 0 Å². The zero-order valence-corrected chi connectivity index (χ0v) is 18.4. The Morgan fingerprint density at radius 3 is 2.30 bits per heavy atom. The second kappa shape index (κ2) is 9.63. The van der Waals surface area contributed by atoms with E-state index >= 15 is 0 Å². The third-order valence-corrected chi connectivity index (χ3v) is 5.80. The summed E-state index contributed by atoms with van der Waals surface area (Å²) in [6, 6.07) is 33.4. The quantitative estimate of drug-likeness (QED) is 0.335. The molecule has 4 heteroatoms. The molecule has 4 nitrogen and oxygen atoms in total. The smallest absolute Gasteiger partial charge is 0.126 e. The molecule has 0 amide bonds. The van der Waals surface area contributed by atoms with Crippen LogP contribution in [-0.2, 0) is 6.42 Å². The fourth-order valence-electron chi connectivity index (χ4n) is 4.10. The zero-order chi connectivity index (χ0) is 22.5. The predicted molar refractivity (Wildman–Crippen MR) is 137 cm³/mol. The third-order valence-electron chi connectivity index (χ3n) is 5.80. The number of nitrogens with zero attached hydrogens (tertiary/aromatic N) is 2. The normalized spacial score (nSPS) is 11.9. The second-order valence-corrected chi connectivity index (χ2v) is 8.22. The van der Waals surface area contributed by atoms with Gasteiger partial charge in [0.05, 0.1) is 5.69 Å². The average molecular weight is 431 g/mol. The standard InChI is InChI=1S/C29H26N4/c30-26(18-21-6-2-1-3-7-21)20-32-28-13-12-27(29(33-28)23-14-16-31-17-15-23)25-11-10-22-8-4-5-9-24(22)19-25/h1-17,19,26H,18,20,30H2,(H,32,33)/t26-/m1/s1. The summed E-state index contributed by atoms with van der Waals surface area (Å²) < 4.78 is 0. The minimum absolute atomic E-state index is 0.00117. The molecule has 0 aliphatic heterocycles. The molecule has 0 aliphatic rings. The molecular formula is C29H26N4. The van der Waals surface area contributed by atoms with Gasteiger partial charge in [-0.1, -0.05) is 66.7 Å². The maximum Gasteiger partial charge on any atom is 0.126 e. The lowest BCUT2D eigenvalue weighted by Gasteiger charge is -2.16. The van der Waals surface area contributed by atoms with Crippen molar-refractivity contribution in [2.75, 3.05) is 11.9 Å². The summed E-state index contributed by atoms with van der Waals surface area (Å²) in [4.78, 5) is 9.16. The van der Waals surface area contributed by atoms with Gasteiger partial charge in [0.15, 0.2) is 0 Å². The topological polar surface area (TPSA) is 63.8 Å². The Morgan fingerprint density at radius 2 is 1.48 bits per heavy atom. The summed E-state index contributed by atoms with van der Waals surface area (Å²) in [5, 5.41) is 5.87. The molecule has 162 valence electrons. The number of benzene rings is 3. The van der Waals surface area contributed by atoms with Crippen LogP contribution in [0.4, 0.5) is 5.82 Å². The summed E-state index contributed by atoms with van der Waals surface area (Å²) in [7, 11) is 0. The summed E-state index contributed by atoms with van der Waals surface area (Å²) in [6.45, 7) is 0.646. The molecule has 2 aromatic heterocycles. The van der Waals surface area contributed by atoms with E-state index in [4.69, 9.17) is 10.7 Å². The first-order chi connectivity index (χ1) is 16.3. The summed E-state index contributed by atoms with van der Waals surface area (Å²) in [6.07, 6.45) is 4.42. The third kappa shape index (κ3) is 4.92. The van der Waals surface area contributed by atoms with Gasteiger partial charge in [-0.2, -0.15) is 0 Å². The highest BCUT2D eigenvalue weighted by molar-refractivity contribution is 5.90. The first-order valence-corrected chi connectivity index (χ1v) is 11.2. The molecule has 0 saturated carbocycles. The Labute approximate surface area is 194 Å². The molecule has 2 heterocycles. The summed E-state index contributed by atoms with van der Waals surface area (Å²) in [5.74, 6) is 0.815. The van der Waals surface area contributed by atoms with Gasteiger partial charge in [-0.3, -0.25) is 4.98 Å². The lowest BCUT2D eigenvalue weighted by molar-refractivity contribution is 0.698. The lowest BCUT2D eigenvalue weighted by Crippen LogP contribution is -2.31. The van der Waals surface area contributed by atoms with Gasteiger partial charge in [-0.15, -0.1) is 0 Å². The van der Waals surface area contributed by atoms with Crippen molar-refractivity contribution >= 4 is 16.6 Å². The van der Waals surface area contributed by atoms with Crippen LogP contribution in [0.3, 0.4) is 0 Å². The largest absolute Gasteiger partial charge is 0.368 e. The van der Waals surface area contributed by atoms with E-state index in [0.29, 0.717) is 6.54 Å². The number of fused-ring (bicyclic) bond motifs is 1. The summed E-state index contributed by atoms with van der Waals surface area (Å²) >= 11 is 0. The maximum absolute atomic E-state index is 6.38. The predicted octanol–water partition coefficient (Wildman–Crippen LogP) is 5.95. The molecule has 0 spiro atoms. The van der Waals surface area contributed by atoms with Crippen molar-refractivity contribution in [3.05, 3.63) is 115 Å². The molecule has 0 bridgehead atoms. The molecule has 0 saturated heterocycles. The molecule has 3 aromatic carbocycles. The highest BCUT2D eigenvalue weighted by Crippen LogP contribution is 2.33. The summed E-state index contributed by atoms with van der Waals surface area (Å²) in [5.41, 5.74) is 11.8. The molecule has 3 N–H and O–H groups in total. The minimum Gasteiger partial charge on any atom is -0.368 e.